The SMILES string of the molecule is COc1ccc(C2Cc3cc(C(C)C)c(OC)cc3C3CCCCC23)cc1. The molecule has 3 atom stereocenters. The highest BCUT2D eigenvalue weighted by atomic mass is 16.5. The molecule has 2 aliphatic carbocycles. The number of methoxy groups -OCH3 is 2. The lowest BCUT2D eigenvalue weighted by Crippen LogP contribution is -2.31. The highest BCUT2D eigenvalue weighted by molar-refractivity contribution is 5.49. The standard InChI is InChI=1S/C25H32O2/c1-16(2)22-13-18-14-23(17-9-11-19(26-3)12-10-17)20-7-5-6-8-21(20)24(18)15-25(22)27-4/h9-13,15-16,20-21,23H,5-8,14H2,1-4H3. The first-order chi connectivity index (χ1) is 13.1. The molecule has 1 saturated carbocycles. The van der Waals surface area contributed by atoms with E-state index in [9.17, 15) is 0 Å². The first-order valence-electron chi connectivity index (χ1n) is 10.5. The molecule has 0 radical (unpaired) electrons. The average molecular weight is 365 g/mol. The maximum absolute atomic E-state index is 5.78. The van der Waals surface area contributed by atoms with Gasteiger partial charge < -0.3 is 9.47 Å². The zero-order valence-corrected chi connectivity index (χ0v) is 17.1. The smallest absolute Gasteiger partial charge is 0.122 e. The molecule has 0 aromatic heterocycles. The fourth-order valence-corrected chi connectivity index (χ4v) is 5.44. The van der Waals surface area contributed by atoms with Crippen LogP contribution in [0.1, 0.15) is 79.5 Å². The van der Waals surface area contributed by atoms with Crippen molar-refractivity contribution >= 4 is 0 Å². The predicted molar refractivity (Wildman–Crippen MR) is 111 cm³/mol. The predicted octanol–water partition coefficient (Wildman–Crippen LogP) is 6.44. The lowest BCUT2D eigenvalue weighted by atomic mass is 9.61. The van der Waals surface area contributed by atoms with E-state index < -0.39 is 0 Å². The summed E-state index contributed by atoms with van der Waals surface area (Å²) < 4.78 is 11.1. The normalized spacial score (nSPS) is 24.3. The monoisotopic (exact) mass is 364 g/mol. The van der Waals surface area contributed by atoms with Crippen LogP contribution in [0.5, 0.6) is 11.5 Å². The quantitative estimate of drug-likeness (QED) is 0.621. The maximum atomic E-state index is 5.78. The summed E-state index contributed by atoms with van der Waals surface area (Å²) in [5, 5.41) is 0. The van der Waals surface area contributed by atoms with E-state index in [1.165, 1.54) is 36.8 Å². The van der Waals surface area contributed by atoms with Crippen molar-refractivity contribution < 1.29 is 9.47 Å². The van der Waals surface area contributed by atoms with Crippen LogP contribution in [0.15, 0.2) is 36.4 Å². The minimum Gasteiger partial charge on any atom is -0.497 e. The Morgan fingerprint density at radius 2 is 1.63 bits per heavy atom. The second-order valence-electron chi connectivity index (χ2n) is 8.59. The van der Waals surface area contributed by atoms with Crippen LogP contribution in [-0.2, 0) is 6.42 Å². The molecule has 144 valence electrons. The van der Waals surface area contributed by atoms with Gasteiger partial charge in [-0.3, -0.25) is 0 Å². The van der Waals surface area contributed by atoms with Crippen molar-refractivity contribution in [3.63, 3.8) is 0 Å². The Kier molecular flexibility index (Phi) is 5.16. The van der Waals surface area contributed by atoms with Crippen molar-refractivity contribution in [3.8, 4) is 11.5 Å². The first kappa shape index (κ1) is 18.4. The fraction of sp³-hybridized carbons (Fsp3) is 0.520. The molecule has 0 N–H and O–H groups in total. The largest absolute Gasteiger partial charge is 0.497 e. The molecular weight excluding hydrogens is 332 g/mol. The summed E-state index contributed by atoms with van der Waals surface area (Å²) in [6, 6.07) is 13.6. The van der Waals surface area contributed by atoms with Crippen LogP contribution < -0.4 is 9.47 Å². The third kappa shape index (κ3) is 3.35. The van der Waals surface area contributed by atoms with Gasteiger partial charge >= 0.3 is 0 Å². The molecule has 2 heteroatoms. The minimum atomic E-state index is 0.480. The molecule has 3 unspecified atom stereocenters. The maximum Gasteiger partial charge on any atom is 0.122 e. The molecule has 0 bridgehead atoms. The molecule has 0 saturated heterocycles. The number of ether oxygens (including phenoxy) is 2. The lowest BCUT2D eigenvalue weighted by molar-refractivity contribution is 0.242. The van der Waals surface area contributed by atoms with Gasteiger partial charge in [0.1, 0.15) is 11.5 Å². The van der Waals surface area contributed by atoms with Crippen molar-refractivity contribution in [2.24, 2.45) is 5.92 Å². The zero-order valence-electron chi connectivity index (χ0n) is 17.1. The topological polar surface area (TPSA) is 18.5 Å². The Morgan fingerprint density at radius 1 is 0.889 bits per heavy atom. The van der Waals surface area contributed by atoms with Crippen LogP contribution in [0.2, 0.25) is 0 Å². The van der Waals surface area contributed by atoms with Crippen molar-refractivity contribution in [2.45, 2.75) is 63.7 Å². The summed E-state index contributed by atoms with van der Waals surface area (Å²) in [4.78, 5) is 0. The first-order valence-corrected chi connectivity index (χ1v) is 10.5. The number of hydrogen-bond acceptors (Lipinski definition) is 2. The van der Waals surface area contributed by atoms with E-state index in [4.69, 9.17) is 9.47 Å². The van der Waals surface area contributed by atoms with Crippen LogP contribution >= 0.6 is 0 Å². The number of rotatable bonds is 4. The molecule has 2 aromatic carbocycles. The van der Waals surface area contributed by atoms with Crippen LogP contribution in [0.25, 0.3) is 0 Å². The van der Waals surface area contributed by atoms with Crippen molar-refractivity contribution in [2.75, 3.05) is 14.2 Å². The summed E-state index contributed by atoms with van der Waals surface area (Å²) in [5.74, 6) is 4.53. The fourth-order valence-electron chi connectivity index (χ4n) is 5.44. The highest BCUT2D eigenvalue weighted by Gasteiger charge is 2.39. The van der Waals surface area contributed by atoms with Crippen LogP contribution in [0, 0.1) is 5.92 Å². The Bertz CT molecular complexity index is 791. The van der Waals surface area contributed by atoms with Gasteiger partial charge in [-0.2, -0.15) is 0 Å². The third-order valence-electron chi connectivity index (χ3n) is 6.83. The number of benzene rings is 2. The van der Waals surface area contributed by atoms with Gasteiger partial charge in [0.05, 0.1) is 14.2 Å². The van der Waals surface area contributed by atoms with Crippen LogP contribution in [-0.4, -0.2) is 14.2 Å². The van der Waals surface area contributed by atoms with Gasteiger partial charge in [0.25, 0.3) is 0 Å². The summed E-state index contributed by atoms with van der Waals surface area (Å²) >= 11 is 0. The van der Waals surface area contributed by atoms with E-state index in [-0.39, 0.29) is 0 Å². The van der Waals surface area contributed by atoms with E-state index in [0.717, 1.165) is 23.8 Å². The summed E-state index contributed by atoms with van der Waals surface area (Å²) in [6.45, 7) is 4.52. The molecular formula is C25H32O2. The Balaban J connectivity index is 1.77. The van der Waals surface area contributed by atoms with E-state index in [0.29, 0.717) is 17.8 Å². The van der Waals surface area contributed by atoms with E-state index in [1.807, 2.05) is 7.11 Å². The van der Waals surface area contributed by atoms with E-state index in [1.54, 1.807) is 18.2 Å². The van der Waals surface area contributed by atoms with Gasteiger partial charge in [0.15, 0.2) is 0 Å². The van der Waals surface area contributed by atoms with E-state index in [2.05, 4.69) is 50.2 Å². The molecule has 0 amide bonds. The summed E-state index contributed by atoms with van der Waals surface area (Å²) in [6.07, 6.45) is 6.52. The molecule has 2 aromatic rings. The molecule has 4 rings (SSSR count). The van der Waals surface area contributed by atoms with Gasteiger partial charge in [0, 0.05) is 0 Å². The van der Waals surface area contributed by atoms with Crippen molar-refractivity contribution in [1.82, 2.24) is 0 Å². The molecule has 0 heterocycles. The molecule has 27 heavy (non-hydrogen) atoms. The zero-order chi connectivity index (χ0) is 19.0. The Morgan fingerprint density at radius 3 is 2.30 bits per heavy atom. The van der Waals surface area contributed by atoms with Gasteiger partial charge in [0.2, 0.25) is 0 Å². The Hall–Kier alpha value is -1.96. The molecule has 0 aliphatic heterocycles. The third-order valence-corrected chi connectivity index (χ3v) is 6.83. The summed E-state index contributed by atoms with van der Waals surface area (Å²) in [5.41, 5.74) is 5.92. The molecule has 0 spiro atoms. The highest BCUT2D eigenvalue weighted by Crippen LogP contribution is 2.52. The Labute approximate surface area is 163 Å². The molecule has 1 fully saturated rings. The van der Waals surface area contributed by atoms with Gasteiger partial charge in [-0.25, -0.2) is 0 Å². The lowest BCUT2D eigenvalue weighted by Gasteiger charge is -2.43. The van der Waals surface area contributed by atoms with Gasteiger partial charge in [-0.1, -0.05) is 44.9 Å². The average Bonchev–Trinajstić information content (AvgIpc) is 2.72. The second-order valence-corrected chi connectivity index (χ2v) is 8.59. The van der Waals surface area contributed by atoms with Gasteiger partial charge in [-0.05, 0) is 83.4 Å². The van der Waals surface area contributed by atoms with Gasteiger partial charge in [-0.15, -0.1) is 0 Å². The second kappa shape index (κ2) is 7.58. The molecule has 2 aliphatic rings. The van der Waals surface area contributed by atoms with Crippen molar-refractivity contribution in [1.29, 1.82) is 0 Å². The minimum absolute atomic E-state index is 0.480. The molecule has 2 nitrogen and oxygen atoms in total. The van der Waals surface area contributed by atoms with E-state index >= 15 is 0 Å². The summed E-state index contributed by atoms with van der Waals surface area (Å²) in [7, 11) is 3.55. The van der Waals surface area contributed by atoms with Crippen LogP contribution in [0.4, 0.5) is 0 Å². The number of fused-ring (bicyclic) bond motifs is 3. The number of hydrogen-bond donors (Lipinski definition) is 0. The van der Waals surface area contributed by atoms with Crippen LogP contribution in [0.3, 0.4) is 0 Å². The van der Waals surface area contributed by atoms with Crippen molar-refractivity contribution in [3.05, 3.63) is 58.7 Å².